The van der Waals surface area contributed by atoms with Crippen molar-refractivity contribution in [3.8, 4) is 0 Å². The summed E-state index contributed by atoms with van der Waals surface area (Å²) in [6.45, 7) is 1.89. The van der Waals surface area contributed by atoms with Crippen LogP contribution in [0.1, 0.15) is 5.01 Å². The maximum Gasteiger partial charge on any atom is 0.199 e. The predicted octanol–water partition coefficient (Wildman–Crippen LogP) is 0.269. The van der Waals surface area contributed by atoms with Crippen LogP contribution < -0.4 is 4.80 Å². The van der Waals surface area contributed by atoms with E-state index in [9.17, 15) is 0 Å². The summed E-state index contributed by atoms with van der Waals surface area (Å²) in [4.78, 5) is 0.502. The second-order valence-electron chi connectivity index (χ2n) is 1.55. The van der Waals surface area contributed by atoms with Crippen molar-refractivity contribution in [1.82, 2.24) is 9.78 Å². The lowest BCUT2D eigenvalue weighted by Crippen LogP contribution is -2.08. The van der Waals surface area contributed by atoms with Crippen LogP contribution in [0.5, 0.6) is 0 Å². The first kappa shape index (κ1) is 5.50. The third kappa shape index (κ3) is 0.790. The standard InChI is InChI=1S/C4H7N3S/c1-3-6-7(2)4(5)8-3/h5H,1-2H3. The molecule has 8 heavy (non-hydrogen) atoms. The monoisotopic (exact) mass is 129 g/mol. The van der Waals surface area contributed by atoms with Gasteiger partial charge in [0.15, 0.2) is 4.80 Å². The molecular formula is C4H7N3S. The van der Waals surface area contributed by atoms with Crippen LogP contribution in [-0.2, 0) is 7.05 Å². The van der Waals surface area contributed by atoms with Crippen molar-refractivity contribution in [2.75, 3.05) is 0 Å². The van der Waals surface area contributed by atoms with E-state index in [-0.39, 0.29) is 0 Å². The molecule has 1 aromatic heterocycles. The lowest BCUT2D eigenvalue weighted by Gasteiger charge is -1.79. The van der Waals surface area contributed by atoms with Crippen LogP contribution in [0.4, 0.5) is 0 Å². The van der Waals surface area contributed by atoms with E-state index in [4.69, 9.17) is 5.41 Å². The summed E-state index contributed by atoms with van der Waals surface area (Å²) in [6.07, 6.45) is 0. The van der Waals surface area contributed by atoms with E-state index in [0.717, 1.165) is 5.01 Å². The Morgan fingerprint density at radius 2 is 2.38 bits per heavy atom. The van der Waals surface area contributed by atoms with Crippen LogP contribution in [-0.4, -0.2) is 9.78 Å². The first-order valence-corrected chi connectivity index (χ1v) is 3.07. The van der Waals surface area contributed by atoms with Gasteiger partial charge in [-0.3, -0.25) is 5.41 Å². The maximum atomic E-state index is 7.16. The Morgan fingerprint density at radius 1 is 1.75 bits per heavy atom. The summed E-state index contributed by atoms with van der Waals surface area (Å²) >= 11 is 1.39. The molecule has 0 saturated carbocycles. The molecule has 0 spiro atoms. The van der Waals surface area contributed by atoms with Gasteiger partial charge in [0.05, 0.1) is 0 Å². The van der Waals surface area contributed by atoms with Crippen molar-refractivity contribution in [2.45, 2.75) is 6.92 Å². The van der Waals surface area contributed by atoms with Crippen molar-refractivity contribution in [3.05, 3.63) is 9.81 Å². The van der Waals surface area contributed by atoms with Gasteiger partial charge in [-0.15, -0.1) is 0 Å². The van der Waals surface area contributed by atoms with Crippen molar-refractivity contribution in [2.24, 2.45) is 7.05 Å². The quantitative estimate of drug-likeness (QED) is 0.536. The number of hydrogen-bond donors (Lipinski definition) is 1. The molecule has 1 heterocycles. The lowest BCUT2D eigenvalue weighted by atomic mass is 10.9. The van der Waals surface area contributed by atoms with Crippen molar-refractivity contribution < 1.29 is 0 Å². The highest BCUT2D eigenvalue weighted by Gasteiger charge is 1.89. The SMILES string of the molecule is Cc1nn(C)c(=N)s1. The molecule has 0 radical (unpaired) electrons. The summed E-state index contributed by atoms with van der Waals surface area (Å²) < 4.78 is 1.56. The number of aryl methyl sites for hydroxylation is 2. The first-order valence-electron chi connectivity index (χ1n) is 2.25. The first-order chi connectivity index (χ1) is 3.70. The number of nitrogens with zero attached hydrogens (tertiary/aromatic N) is 2. The molecule has 1 N–H and O–H groups in total. The van der Waals surface area contributed by atoms with E-state index < -0.39 is 0 Å². The van der Waals surface area contributed by atoms with E-state index in [1.165, 1.54) is 11.3 Å². The predicted molar refractivity (Wildman–Crippen MR) is 31.7 cm³/mol. The van der Waals surface area contributed by atoms with Crippen molar-refractivity contribution in [3.63, 3.8) is 0 Å². The third-order valence-corrected chi connectivity index (χ3v) is 1.66. The number of aromatic nitrogens is 2. The Labute approximate surface area is 51.1 Å². The highest BCUT2D eigenvalue weighted by atomic mass is 32.1. The Balaban J connectivity index is 3.35. The fourth-order valence-electron chi connectivity index (χ4n) is 0.483. The molecule has 0 aromatic carbocycles. The van der Waals surface area contributed by atoms with E-state index in [1.807, 2.05) is 6.92 Å². The summed E-state index contributed by atoms with van der Waals surface area (Å²) in [7, 11) is 1.77. The maximum absolute atomic E-state index is 7.16. The molecule has 0 saturated heterocycles. The zero-order chi connectivity index (χ0) is 6.15. The second kappa shape index (κ2) is 1.70. The molecule has 44 valence electrons. The van der Waals surface area contributed by atoms with E-state index in [2.05, 4.69) is 5.10 Å². The molecule has 0 unspecified atom stereocenters. The van der Waals surface area contributed by atoms with Crippen LogP contribution >= 0.6 is 11.3 Å². The minimum atomic E-state index is 0.502. The van der Waals surface area contributed by atoms with Gasteiger partial charge in [0.1, 0.15) is 5.01 Å². The molecule has 1 rings (SSSR count). The fraction of sp³-hybridized carbons (Fsp3) is 0.500. The van der Waals surface area contributed by atoms with Gasteiger partial charge in [-0.1, -0.05) is 11.3 Å². The largest absolute Gasteiger partial charge is 0.274 e. The van der Waals surface area contributed by atoms with Crippen LogP contribution in [0.3, 0.4) is 0 Å². The van der Waals surface area contributed by atoms with Crippen LogP contribution in [0.15, 0.2) is 0 Å². The minimum Gasteiger partial charge on any atom is -0.274 e. The van der Waals surface area contributed by atoms with Crippen molar-refractivity contribution in [1.29, 1.82) is 5.41 Å². The molecule has 0 aliphatic heterocycles. The summed E-state index contributed by atoms with van der Waals surface area (Å²) in [5, 5.41) is 12.1. The molecule has 0 atom stereocenters. The van der Waals surface area contributed by atoms with Gasteiger partial charge in [-0.2, -0.15) is 5.10 Å². The van der Waals surface area contributed by atoms with Crippen LogP contribution in [0, 0.1) is 12.3 Å². The van der Waals surface area contributed by atoms with E-state index in [1.54, 1.807) is 11.7 Å². The van der Waals surface area contributed by atoms with Crippen LogP contribution in [0.25, 0.3) is 0 Å². The zero-order valence-electron chi connectivity index (χ0n) is 4.80. The molecule has 0 bridgehead atoms. The Hall–Kier alpha value is -0.640. The summed E-state index contributed by atoms with van der Waals surface area (Å²) in [5.74, 6) is 0. The fourth-order valence-corrected chi connectivity index (χ4v) is 1.10. The Morgan fingerprint density at radius 3 is 2.50 bits per heavy atom. The van der Waals surface area contributed by atoms with Gasteiger partial charge >= 0.3 is 0 Å². The smallest absolute Gasteiger partial charge is 0.199 e. The topological polar surface area (TPSA) is 41.7 Å². The normalized spacial score (nSPS) is 9.75. The van der Waals surface area contributed by atoms with Crippen LogP contribution in [0.2, 0.25) is 0 Å². The van der Waals surface area contributed by atoms with Gasteiger partial charge in [-0.05, 0) is 6.92 Å². The van der Waals surface area contributed by atoms with Gasteiger partial charge in [0.2, 0.25) is 0 Å². The van der Waals surface area contributed by atoms with Gasteiger partial charge < -0.3 is 0 Å². The molecule has 1 aromatic rings. The summed E-state index contributed by atoms with van der Waals surface area (Å²) in [5.41, 5.74) is 0. The number of rotatable bonds is 0. The summed E-state index contributed by atoms with van der Waals surface area (Å²) in [6, 6.07) is 0. The average Bonchev–Trinajstić information content (AvgIpc) is 1.85. The Kier molecular flexibility index (Phi) is 1.17. The minimum absolute atomic E-state index is 0.502. The molecule has 0 aliphatic rings. The van der Waals surface area contributed by atoms with Crippen molar-refractivity contribution >= 4 is 11.3 Å². The van der Waals surface area contributed by atoms with Gasteiger partial charge in [-0.25, -0.2) is 4.68 Å². The molecular weight excluding hydrogens is 122 g/mol. The zero-order valence-corrected chi connectivity index (χ0v) is 5.62. The highest BCUT2D eigenvalue weighted by molar-refractivity contribution is 7.08. The number of hydrogen-bond acceptors (Lipinski definition) is 3. The number of nitrogens with one attached hydrogen (secondary N) is 1. The van der Waals surface area contributed by atoms with E-state index >= 15 is 0 Å². The average molecular weight is 129 g/mol. The van der Waals surface area contributed by atoms with E-state index in [0.29, 0.717) is 4.80 Å². The molecule has 0 amide bonds. The molecule has 0 fully saturated rings. The van der Waals surface area contributed by atoms with Gasteiger partial charge in [0.25, 0.3) is 0 Å². The van der Waals surface area contributed by atoms with Gasteiger partial charge in [0, 0.05) is 7.05 Å². The third-order valence-electron chi connectivity index (χ3n) is 0.829. The Bertz CT molecular complexity index is 234. The second-order valence-corrected chi connectivity index (χ2v) is 2.73. The molecule has 0 aliphatic carbocycles. The molecule has 4 heteroatoms. The highest BCUT2D eigenvalue weighted by Crippen LogP contribution is 1.90. The molecule has 3 nitrogen and oxygen atoms in total. The lowest BCUT2D eigenvalue weighted by molar-refractivity contribution is 0.711.